The second-order valence-electron chi connectivity index (χ2n) is 9.27. The minimum absolute atomic E-state index is 0. The molecule has 201 valence electrons. The molecule has 1 unspecified atom stereocenters. The third kappa shape index (κ3) is 5.76. The summed E-state index contributed by atoms with van der Waals surface area (Å²) in [4.78, 5) is 31.3. The molecule has 11 heteroatoms. The largest absolute Gasteiger partial charge is 0.346 e. The Morgan fingerprint density at radius 2 is 1.89 bits per heavy atom. The van der Waals surface area contributed by atoms with Crippen LogP contribution >= 0.6 is 0 Å². The van der Waals surface area contributed by atoms with Crippen molar-refractivity contribution in [3.05, 3.63) is 82.5 Å². The van der Waals surface area contributed by atoms with Crippen molar-refractivity contribution >= 4 is 11.2 Å². The molecule has 1 radical (unpaired) electrons. The van der Waals surface area contributed by atoms with Crippen LogP contribution in [0.2, 0.25) is 0 Å². The fourth-order valence-electron chi connectivity index (χ4n) is 4.58. The number of hydrogen-bond acceptors (Lipinski definition) is 4. The van der Waals surface area contributed by atoms with Crippen LogP contribution in [-0.4, -0.2) is 28.5 Å². The first-order valence-electron chi connectivity index (χ1n) is 12.5. The van der Waals surface area contributed by atoms with Gasteiger partial charge in [0.1, 0.15) is 5.82 Å². The minimum Gasteiger partial charge on any atom is -0.346 e. The molecule has 0 N–H and O–H groups in total. The number of halogens is 2. The molecule has 0 fully saturated rings. The molecule has 0 aliphatic rings. The van der Waals surface area contributed by atoms with Gasteiger partial charge in [-0.1, -0.05) is 37.6 Å². The standard InChI is InChI=1S/C27H32F2N6O2.Y/c1-6-10-18(4)35-22-24(33(8-3)26(37)34(13-7-2)25(22)36)31-23(35)20-15-30-32(17-20)16-19-11-9-12-21(14-19)27(5,28)29;/h9,11-12,14-15,17-18H,1,4,6-8,10,13,16H2,2-3,5H3;/q-2;. The Bertz CT molecular complexity index is 1530. The van der Waals surface area contributed by atoms with E-state index < -0.39 is 11.5 Å². The van der Waals surface area contributed by atoms with E-state index in [9.17, 15) is 18.4 Å². The fraction of sp³-hybridized carbons (Fsp3) is 0.407. The summed E-state index contributed by atoms with van der Waals surface area (Å²) >= 11 is 0. The summed E-state index contributed by atoms with van der Waals surface area (Å²) in [6.07, 6.45) is 5.21. The van der Waals surface area contributed by atoms with Crippen LogP contribution < -0.4 is 11.2 Å². The molecule has 4 rings (SSSR count). The number of alkyl halides is 2. The molecule has 0 aliphatic carbocycles. The van der Waals surface area contributed by atoms with Crippen LogP contribution in [-0.2, 0) is 58.3 Å². The number of benzene rings is 1. The SMILES string of the molecule is [CH2-]CCC([CH2-])n1c(-c2cnn(Cc3cccc(C(C)(F)F)c3)c2)nc2c1c(=O)n(CCC)c(=O)n2CC.[Y]. The van der Waals surface area contributed by atoms with E-state index in [2.05, 4.69) is 18.9 Å². The first-order chi connectivity index (χ1) is 17.6. The van der Waals surface area contributed by atoms with Gasteiger partial charge < -0.3 is 18.4 Å². The summed E-state index contributed by atoms with van der Waals surface area (Å²) in [5.74, 6) is -2.47. The molecule has 0 saturated heterocycles. The topological polar surface area (TPSA) is 79.6 Å². The van der Waals surface area contributed by atoms with Gasteiger partial charge in [0.2, 0.25) is 0 Å². The maximum atomic E-state index is 13.8. The van der Waals surface area contributed by atoms with Crippen LogP contribution in [0.25, 0.3) is 22.6 Å². The number of imidazole rings is 1. The number of aryl methyl sites for hydroxylation is 1. The van der Waals surface area contributed by atoms with E-state index in [-0.39, 0.29) is 56.5 Å². The zero-order chi connectivity index (χ0) is 26.9. The monoisotopic (exact) mass is 599 g/mol. The van der Waals surface area contributed by atoms with Gasteiger partial charge in [0.15, 0.2) is 11.2 Å². The van der Waals surface area contributed by atoms with E-state index in [1.54, 1.807) is 33.8 Å². The molecule has 8 nitrogen and oxygen atoms in total. The zero-order valence-electron chi connectivity index (χ0n) is 22.0. The van der Waals surface area contributed by atoms with E-state index in [1.807, 2.05) is 13.8 Å². The molecule has 0 saturated carbocycles. The molecule has 38 heavy (non-hydrogen) atoms. The third-order valence-electron chi connectivity index (χ3n) is 6.39. The summed E-state index contributed by atoms with van der Waals surface area (Å²) in [5.41, 5.74) is 1.09. The Hall–Kier alpha value is -2.46. The normalized spacial score (nSPS) is 12.6. The quantitative estimate of drug-likeness (QED) is 0.246. The van der Waals surface area contributed by atoms with Crippen LogP contribution in [0, 0.1) is 13.8 Å². The molecular formula is C27H32F2N6O2Y-2. The second kappa shape index (κ2) is 12.2. The predicted octanol–water partition coefficient (Wildman–Crippen LogP) is 4.80. The van der Waals surface area contributed by atoms with Gasteiger partial charge in [-0.3, -0.25) is 18.6 Å². The van der Waals surface area contributed by atoms with Crippen molar-refractivity contribution in [1.29, 1.82) is 0 Å². The maximum absolute atomic E-state index is 13.8. The van der Waals surface area contributed by atoms with Crippen molar-refractivity contribution in [2.45, 2.75) is 71.6 Å². The molecule has 3 heterocycles. The van der Waals surface area contributed by atoms with E-state index >= 15 is 0 Å². The number of nitrogens with zero attached hydrogens (tertiary/aromatic N) is 6. The second-order valence-corrected chi connectivity index (χ2v) is 9.27. The molecule has 4 aromatic rings. The summed E-state index contributed by atoms with van der Waals surface area (Å²) in [6, 6.07) is 5.88. The van der Waals surface area contributed by atoms with E-state index in [0.717, 1.165) is 6.92 Å². The third-order valence-corrected chi connectivity index (χ3v) is 6.39. The molecule has 0 spiro atoms. The van der Waals surface area contributed by atoms with Crippen molar-refractivity contribution < 1.29 is 41.5 Å². The van der Waals surface area contributed by atoms with Gasteiger partial charge in [0, 0.05) is 64.5 Å². The molecule has 0 aliphatic heterocycles. The number of hydrogen-bond donors (Lipinski definition) is 0. The summed E-state index contributed by atoms with van der Waals surface area (Å²) in [6.45, 7) is 13.7. The van der Waals surface area contributed by atoms with Crippen molar-refractivity contribution in [3.8, 4) is 11.4 Å². The summed E-state index contributed by atoms with van der Waals surface area (Å²) in [5, 5.41) is 4.42. The van der Waals surface area contributed by atoms with Crippen LogP contribution in [0.4, 0.5) is 8.78 Å². The van der Waals surface area contributed by atoms with E-state index in [4.69, 9.17) is 4.98 Å². The molecule has 0 bridgehead atoms. The van der Waals surface area contributed by atoms with Crippen molar-refractivity contribution in [2.75, 3.05) is 0 Å². The smallest absolute Gasteiger partial charge is 0.332 e. The van der Waals surface area contributed by atoms with Gasteiger partial charge in [0.25, 0.3) is 11.5 Å². The fourth-order valence-corrected chi connectivity index (χ4v) is 4.58. The molecule has 3 aromatic heterocycles. The number of aromatic nitrogens is 6. The van der Waals surface area contributed by atoms with Gasteiger partial charge in [-0.2, -0.15) is 11.5 Å². The van der Waals surface area contributed by atoms with Gasteiger partial charge in [0.05, 0.1) is 18.3 Å². The predicted molar refractivity (Wildman–Crippen MR) is 140 cm³/mol. The van der Waals surface area contributed by atoms with Crippen molar-refractivity contribution in [3.63, 3.8) is 0 Å². The molecule has 1 atom stereocenters. The first kappa shape index (κ1) is 30.1. The Labute approximate surface area is 245 Å². The van der Waals surface area contributed by atoms with Gasteiger partial charge in [-0.05, 0) is 25.0 Å². The van der Waals surface area contributed by atoms with Crippen molar-refractivity contribution in [2.24, 2.45) is 0 Å². The number of fused-ring (bicyclic) bond motifs is 1. The van der Waals surface area contributed by atoms with E-state index in [1.165, 1.54) is 21.3 Å². The van der Waals surface area contributed by atoms with Crippen LogP contribution in [0.5, 0.6) is 0 Å². The van der Waals surface area contributed by atoms with Crippen LogP contribution in [0.15, 0.2) is 46.2 Å². The van der Waals surface area contributed by atoms with Gasteiger partial charge >= 0.3 is 5.69 Å². The average Bonchev–Trinajstić information content (AvgIpc) is 3.47. The Balaban J connectivity index is 0.00000400. The zero-order valence-corrected chi connectivity index (χ0v) is 24.9. The van der Waals surface area contributed by atoms with Crippen LogP contribution in [0.1, 0.15) is 57.2 Å². The van der Waals surface area contributed by atoms with Crippen LogP contribution in [0.3, 0.4) is 0 Å². The minimum atomic E-state index is -2.94. The number of rotatable bonds is 10. The Morgan fingerprint density at radius 1 is 1.16 bits per heavy atom. The average molecular weight is 599 g/mol. The Kier molecular flexibility index (Phi) is 9.63. The van der Waals surface area contributed by atoms with Crippen molar-refractivity contribution in [1.82, 2.24) is 28.5 Å². The first-order valence-corrected chi connectivity index (χ1v) is 12.5. The van der Waals surface area contributed by atoms with Gasteiger partial charge in [-0.15, -0.1) is 0 Å². The molecular weight excluding hydrogens is 567 g/mol. The Morgan fingerprint density at radius 3 is 2.53 bits per heavy atom. The molecule has 0 amide bonds. The summed E-state index contributed by atoms with van der Waals surface area (Å²) in [7, 11) is 0. The van der Waals surface area contributed by atoms with E-state index in [0.29, 0.717) is 60.5 Å². The maximum Gasteiger partial charge on any atom is 0.332 e. The summed E-state index contributed by atoms with van der Waals surface area (Å²) < 4.78 is 33.7. The van der Waals surface area contributed by atoms with Gasteiger partial charge in [-0.25, -0.2) is 18.6 Å². The molecule has 1 aromatic carbocycles.